The minimum atomic E-state index is -0.174. The van der Waals surface area contributed by atoms with E-state index in [9.17, 15) is 0 Å². The second-order valence-electron chi connectivity index (χ2n) is 3.66. The number of benzene rings is 1. The standard InChI is InChI=1S/C13H13ClN2O/c14-11-5-3-10(4-6-11)13(15)9-17-12-2-1-7-16-8-12/h1-8,13H,9,15H2. The highest BCUT2D eigenvalue weighted by Gasteiger charge is 2.06. The molecule has 0 saturated heterocycles. The SMILES string of the molecule is NC(COc1cccnc1)c1ccc(Cl)cc1. The van der Waals surface area contributed by atoms with Gasteiger partial charge < -0.3 is 10.5 Å². The maximum atomic E-state index is 6.00. The highest BCUT2D eigenvalue weighted by Crippen LogP contribution is 2.16. The third kappa shape index (κ3) is 3.44. The number of aromatic nitrogens is 1. The van der Waals surface area contributed by atoms with E-state index in [-0.39, 0.29) is 6.04 Å². The maximum absolute atomic E-state index is 6.00. The van der Waals surface area contributed by atoms with E-state index in [1.54, 1.807) is 12.4 Å². The van der Waals surface area contributed by atoms with Crippen molar-refractivity contribution in [2.75, 3.05) is 6.61 Å². The number of hydrogen-bond donors (Lipinski definition) is 1. The number of ether oxygens (including phenoxy) is 1. The summed E-state index contributed by atoms with van der Waals surface area (Å²) >= 11 is 5.81. The molecule has 1 atom stereocenters. The normalized spacial score (nSPS) is 12.1. The van der Waals surface area contributed by atoms with Crippen LogP contribution in [0.15, 0.2) is 48.8 Å². The van der Waals surface area contributed by atoms with Crippen LogP contribution in [0.5, 0.6) is 5.75 Å². The molecule has 17 heavy (non-hydrogen) atoms. The van der Waals surface area contributed by atoms with E-state index in [1.807, 2.05) is 36.4 Å². The van der Waals surface area contributed by atoms with Crippen LogP contribution in [0, 0.1) is 0 Å². The third-order valence-electron chi connectivity index (χ3n) is 2.36. The second kappa shape index (κ2) is 5.66. The average Bonchev–Trinajstić information content (AvgIpc) is 2.38. The molecule has 3 nitrogen and oxygen atoms in total. The molecule has 0 aliphatic heterocycles. The summed E-state index contributed by atoms with van der Waals surface area (Å²) in [7, 11) is 0. The Labute approximate surface area is 105 Å². The average molecular weight is 249 g/mol. The molecule has 1 unspecified atom stereocenters. The topological polar surface area (TPSA) is 48.1 Å². The highest BCUT2D eigenvalue weighted by atomic mass is 35.5. The fourth-order valence-corrected chi connectivity index (χ4v) is 1.55. The molecule has 1 heterocycles. The van der Waals surface area contributed by atoms with Crippen LogP contribution in [0.1, 0.15) is 11.6 Å². The lowest BCUT2D eigenvalue weighted by molar-refractivity contribution is 0.289. The van der Waals surface area contributed by atoms with Crippen LogP contribution in [0.25, 0.3) is 0 Å². The predicted molar refractivity (Wildman–Crippen MR) is 68.1 cm³/mol. The van der Waals surface area contributed by atoms with Gasteiger partial charge in [-0.3, -0.25) is 4.98 Å². The molecule has 0 radical (unpaired) electrons. The molecule has 0 aliphatic carbocycles. The Morgan fingerprint density at radius 1 is 1.24 bits per heavy atom. The van der Waals surface area contributed by atoms with Gasteiger partial charge in [0, 0.05) is 11.2 Å². The first-order valence-corrected chi connectivity index (χ1v) is 5.67. The van der Waals surface area contributed by atoms with E-state index in [0.717, 1.165) is 11.3 Å². The van der Waals surface area contributed by atoms with Gasteiger partial charge >= 0.3 is 0 Å². The highest BCUT2D eigenvalue weighted by molar-refractivity contribution is 6.30. The molecule has 0 saturated carbocycles. The Bertz CT molecular complexity index is 459. The molecule has 88 valence electrons. The van der Waals surface area contributed by atoms with Crippen LogP contribution >= 0.6 is 11.6 Å². The monoisotopic (exact) mass is 248 g/mol. The number of pyridine rings is 1. The Morgan fingerprint density at radius 2 is 2.00 bits per heavy atom. The van der Waals surface area contributed by atoms with Crippen molar-refractivity contribution >= 4 is 11.6 Å². The van der Waals surface area contributed by atoms with Gasteiger partial charge in [0.2, 0.25) is 0 Å². The van der Waals surface area contributed by atoms with E-state index < -0.39 is 0 Å². The van der Waals surface area contributed by atoms with Gasteiger partial charge in [-0.2, -0.15) is 0 Å². The summed E-state index contributed by atoms with van der Waals surface area (Å²) in [6.45, 7) is 0.410. The first-order valence-electron chi connectivity index (χ1n) is 5.29. The smallest absolute Gasteiger partial charge is 0.137 e. The number of halogens is 1. The van der Waals surface area contributed by atoms with Crippen LogP contribution in [-0.2, 0) is 0 Å². The van der Waals surface area contributed by atoms with Gasteiger partial charge in [0.15, 0.2) is 0 Å². The molecule has 1 aromatic heterocycles. The zero-order chi connectivity index (χ0) is 12.1. The Morgan fingerprint density at radius 3 is 2.65 bits per heavy atom. The first-order chi connectivity index (χ1) is 8.25. The lowest BCUT2D eigenvalue weighted by Crippen LogP contribution is -2.18. The number of hydrogen-bond acceptors (Lipinski definition) is 3. The van der Waals surface area contributed by atoms with Gasteiger partial charge in [0.1, 0.15) is 12.4 Å². The van der Waals surface area contributed by atoms with Crippen molar-refractivity contribution in [3.05, 3.63) is 59.4 Å². The van der Waals surface area contributed by atoms with Crippen LogP contribution in [-0.4, -0.2) is 11.6 Å². The summed E-state index contributed by atoms with van der Waals surface area (Å²) in [6, 6.07) is 10.9. The zero-order valence-corrected chi connectivity index (χ0v) is 9.97. The molecule has 1 aromatic carbocycles. The lowest BCUT2D eigenvalue weighted by atomic mass is 10.1. The van der Waals surface area contributed by atoms with Crippen LogP contribution in [0.2, 0.25) is 5.02 Å². The Hall–Kier alpha value is -1.58. The van der Waals surface area contributed by atoms with E-state index in [2.05, 4.69) is 4.98 Å². The van der Waals surface area contributed by atoms with Gasteiger partial charge in [-0.1, -0.05) is 23.7 Å². The van der Waals surface area contributed by atoms with E-state index >= 15 is 0 Å². The van der Waals surface area contributed by atoms with Gasteiger partial charge in [-0.15, -0.1) is 0 Å². The quantitative estimate of drug-likeness (QED) is 0.905. The summed E-state index contributed by atoms with van der Waals surface area (Å²) < 4.78 is 5.53. The third-order valence-corrected chi connectivity index (χ3v) is 2.61. The fraction of sp³-hybridized carbons (Fsp3) is 0.154. The minimum absolute atomic E-state index is 0.174. The summed E-state index contributed by atoms with van der Waals surface area (Å²) in [6.07, 6.45) is 3.36. The molecule has 0 bridgehead atoms. The summed E-state index contributed by atoms with van der Waals surface area (Å²) in [4.78, 5) is 3.96. The number of rotatable bonds is 4. The van der Waals surface area contributed by atoms with Crippen LogP contribution in [0.4, 0.5) is 0 Å². The first kappa shape index (κ1) is 11.9. The molecule has 2 N–H and O–H groups in total. The van der Waals surface area contributed by atoms with Crippen molar-refractivity contribution in [1.29, 1.82) is 0 Å². The molecular weight excluding hydrogens is 236 g/mol. The summed E-state index contributed by atoms with van der Waals surface area (Å²) in [5.74, 6) is 0.719. The summed E-state index contributed by atoms with van der Waals surface area (Å²) in [5.41, 5.74) is 7.00. The van der Waals surface area contributed by atoms with E-state index in [0.29, 0.717) is 11.6 Å². The number of nitrogens with zero attached hydrogens (tertiary/aromatic N) is 1. The van der Waals surface area contributed by atoms with Crippen molar-refractivity contribution in [2.45, 2.75) is 6.04 Å². The molecule has 4 heteroatoms. The fourth-order valence-electron chi connectivity index (χ4n) is 1.42. The van der Waals surface area contributed by atoms with Crippen molar-refractivity contribution in [2.24, 2.45) is 5.73 Å². The van der Waals surface area contributed by atoms with Crippen molar-refractivity contribution in [1.82, 2.24) is 4.98 Å². The van der Waals surface area contributed by atoms with E-state index in [4.69, 9.17) is 22.1 Å². The molecule has 0 aliphatic rings. The molecular formula is C13H13ClN2O. The largest absolute Gasteiger partial charge is 0.490 e. The van der Waals surface area contributed by atoms with Crippen molar-refractivity contribution < 1.29 is 4.74 Å². The summed E-state index contributed by atoms with van der Waals surface area (Å²) in [5, 5.41) is 0.703. The molecule has 2 rings (SSSR count). The van der Waals surface area contributed by atoms with Gasteiger partial charge in [0.25, 0.3) is 0 Å². The predicted octanol–water partition coefficient (Wildman–Crippen LogP) is 2.81. The molecule has 2 aromatic rings. The molecule has 0 spiro atoms. The lowest BCUT2D eigenvalue weighted by Gasteiger charge is -2.13. The Kier molecular flexibility index (Phi) is 3.96. The molecule has 0 amide bonds. The Balaban J connectivity index is 1.93. The van der Waals surface area contributed by atoms with Crippen molar-refractivity contribution in [3.8, 4) is 5.75 Å². The van der Waals surface area contributed by atoms with E-state index in [1.165, 1.54) is 0 Å². The minimum Gasteiger partial charge on any atom is -0.490 e. The van der Waals surface area contributed by atoms with Gasteiger partial charge in [-0.25, -0.2) is 0 Å². The maximum Gasteiger partial charge on any atom is 0.137 e. The van der Waals surface area contributed by atoms with Crippen LogP contribution < -0.4 is 10.5 Å². The van der Waals surface area contributed by atoms with Gasteiger partial charge in [-0.05, 0) is 29.8 Å². The van der Waals surface area contributed by atoms with Crippen molar-refractivity contribution in [3.63, 3.8) is 0 Å². The van der Waals surface area contributed by atoms with Crippen LogP contribution in [0.3, 0.4) is 0 Å². The van der Waals surface area contributed by atoms with Gasteiger partial charge in [0.05, 0.1) is 12.2 Å². The zero-order valence-electron chi connectivity index (χ0n) is 9.21. The molecule has 0 fully saturated rings. The number of nitrogens with two attached hydrogens (primary N) is 1. The second-order valence-corrected chi connectivity index (χ2v) is 4.09.